The summed E-state index contributed by atoms with van der Waals surface area (Å²) in [5, 5.41) is 4.61. The lowest BCUT2D eigenvalue weighted by molar-refractivity contribution is 1.21. The highest BCUT2D eigenvalue weighted by Gasteiger charge is 2.19. The van der Waals surface area contributed by atoms with Gasteiger partial charge in [0.1, 0.15) is 11.4 Å². The Bertz CT molecular complexity index is 2280. The second kappa shape index (κ2) is 7.98. The Kier molecular flexibility index (Phi) is 4.27. The van der Waals surface area contributed by atoms with Gasteiger partial charge in [0.15, 0.2) is 0 Å². The van der Waals surface area contributed by atoms with Gasteiger partial charge in [-0.3, -0.25) is 0 Å². The Morgan fingerprint density at radius 2 is 0.875 bits per heavy atom. The zero-order valence-electron chi connectivity index (χ0n) is 21.4. The van der Waals surface area contributed by atoms with Gasteiger partial charge < -0.3 is 8.80 Å². The first-order valence-corrected chi connectivity index (χ1v) is 13.4. The molecule has 0 atom stereocenters. The third kappa shape index (κ3) is 2.94. The predicted octanol–water partition coefficient (Wildman–Crippen LogP) is 8.32. The van der Waals surface area contributed by atoms with Crippen LogP contribution in [0.4, 0.5) is 0 Å². The van der Waals surface area contributed by atoms with Crippen LogP contribution in [-0.2, 0) is 0 Å². The average Bonchev–Trinajstić information content (AvgIpc) is 3.60. The number of pyridine rings is 5. The minimum atomic E-state index is 0.820. The van der Waals surface area contributed by atoms with Crippen LogP contribution in [0.3, 0.4) is 0 Å². The summed E-state index contributed by atoms with van der Waals surface area (Å²) in [4.78, 5) is 15.6. The van der Waals surface area contributed by atoms with E-state index < -0.39 is 0 Å². The maximum Gasteiger partial charge on any atom is 0.114 e. The molecule has 0 aliphatic heterocycles. The minimum absolute atomic E-state index is 0.820. The van der Waals surface area contributed by atoms with Gasteiger partial charge >= 0.3 is 0 Å². The van der Waals surface area contributed by atoms with Gasteiger partial charge in [-0.2, -0.15) is 0 Å². The lowest BCUT2D eigenvalue weighted by Gasteiger charge is -2.11. The standard InChI is InChI=1S/C35H21N5/c1-3-14-28-24(12-1)26-20-22-10-5-7-18-39(22)34(26)32(37-28)30-16-9-17-31(36-30)33-35-27(21-23-11-6-8-19-40(23)35)25-13-2-4-15-29(25)38-33/h1-21H. The fraction of sp³-hybridized carbons (Fsp3) is 0. The van der Waals surface area contributed by atoms with Gasteiger partial charge in [-0.1, -0.05) is 54.6 Å². The fourth-order valence-electron chi connectivity index (χ4n) is 6.14. The molecule has 5 heteroatoms. The second-order valence-corrected chi connectivity index (χ2v) is 10.2. The summed E-state index contributed by atoms with van der Waals surface area (Å²) in [7, 11) is 0. The second-order valence-electron chi connectivity index (χ2n) is 10.2. The Morgan fingerprint density at radius 3 is 1.40 bits per heavy atom. The van der Waals surface area contributed by atoms with Crippen molar-refractivity contribution in [1.29, 1.82) is 0 Å². The topological polar surface area (TPSA) is 47.5 Å². The minimum Gasteiger partial charge on any atom is -0.314 e. The molecular weight excluding hydrogens is 490 g/mol. The summed E-state index contributed by atoms with van der Waals surface area (Å²) in [6.45, 7) is 0. The lowest BCUT2D eigenvalue weighted by Crippen LogP contribution is -1.97. The third-order valence-electron chi connectivity index (χ3n) is 7.90. The first-order chi connectivity index (χ1) is 19.8. The molecule has 5 nitrogen and oxygen atoms in total. The molecule has 0 saturated heterocycles. The van der Waals surface area contributed by atoms with Crippen molar-refractivity contribution in [1.82, 2.24) is 23.8 Å². The summed E-state index contributed by atoms with van der Waals surface area (Å²) in [6.07, 6.45) is 4.20. The summed E-state index contributed by atoms with van der Waals surface area (Å²) >= 11 is 0. The molecule has 0 bridgehead atoms. The van der Waals surface area contributed by atoms with Crippen LogP contribution >= 0.6 is 0 Å². The quantitative estimate of drug-likeness (QED) is 0.234. The molecule has 0 aliphatic rings. The number of benzene rings is 2. The van der Waals surface area contributed by atoms with E-state index in [0.717, 1.165) is 66.6 Å². The number of hydrogen-bond acceptors (Lipinski definition) is 3. The van der Waals surface area contributed by atoms with Crippen LogP contribution in [0.5, 0.6) is 0 Å². The molecule has 0 fully saturated rings. The van der Waals surface area contributed by atoms with Crippen molar-refractivity contribution in [3.05, 3.63) is 128 Å². The van der Waals surface area contributed by atoms with E-state index in [4.69, 9.17) is 15.0 Å². The van der Waals surface area contributed by atoms with E-state index in [1.54, 1.807) is 0 Å². The molecular formula is C35H21N5. The average molecular weight is 512 g/mol. The maximum atomic E-state index is 5.25. The molecule has 186 valence electrons. The SMILES string of the molecule is c1cc(-c2nc3ccccc3c3cc4ccccn4c23)nc(-c2nc3ccccc3c3cc4ccccn4c23)c1. The van der Waals surface area contributed by atoms with Crippen LogP contribution in [0, 0.1) is 0 Å². The first-order valence-electron chi connectivity index (χ1n) is 13.4. The summed E-state index contributed by atoms with van der Waals surface area (Å²) < 4.78 is 4.43. The van der Waals surface area contributed by atoms with Crippen LogP contribution in [0.1, 0.15) is 0 Å². The molecule has 0 amide bonds. The van der Waals surface area contributed by atoms with Crippen LogP contribution in [0.2, 0.25) is 0 Å². The molecule has 0 unspecified atom stereocenters. The van der Waals surface area contributed by atoms with E-state index in [1.165, 1.54) is 10.8 Å². The van der Waals surface area contributed by atoms with Gasteiger partial charge in [-0.25, -0.2) is 15.0 Å². The largest absolute Gasteiger partial charge is 0.314 e. The number of para-hydroxylation sites is 2. The maximum absolute atomic E-state index is 5.25. The van der Waals surface area contributed by atoms with Gasteiger partial charge in [-0.05, 0) is 60.7 Å². The van der Waals surface area contributed by atoms with E-state index in [-0.39, 0.29) is 0 Å². The summed E-state index contributed by atoms with van der Waals surface area (Å²) in [5.41, 5.74) is 9.65. The molecule has 0 aliphatic carbocycles. The number of rotatable bonds is 2. The monoisotopic (exact) mass is 511 g/mol. The Balaban J connectivity index is 1.37. The van der Waals surface area contributed by atoms with Crippen molar-refractivity contribution in [2.45, 2.75) is 0 Å². The summed E-state index contributed by atoms with van der Waals surface area (Å²) in [5.74, 6) is 0. The smallest absolute Gasteiger partial charge is 0.114 e. The Morgan fingerprint density at radius 1 is 0.400 bits per heavy atom. The van der Waals surface area contributed by atoms with Crippen molar-refractivity contribution in [3.63, 3.8) is 0 Å². The normalized spacial score (nSPS) is 12.0. The molecule has 2 aromatic carbocycles. The molecule has 7 aromatic heterocycles. The molecule has 9 rings (SSSR count). The van der Waals surface area contributed by atoms with Gasteiger partial charge in [0.05, 0.1) is 33.5 Å². The predicted molar refractivity (Wildman–Crippen MR) is 163 cm³/mol. The molecule has 40 heavy (non-hydrogen) atoms. The zero-order chi connectivity index (χ0) is 26.2. The van der Waals surface area contributed by atoms with Gasteiger partial charge in [0, 0.05) is 45.0 Å². The molecule has 7 heterocycles. The number of aromatic nitrogens is 5. The van der Waals surface area contributed by atoms with Crippen molar-refractivity contribution >= 4 is 54.6 Å². The molecule has 9 aromatic rings. The van der Waals surface area contributed by atoms with Crippen molar-refractivity contribution < 1.29 is 0 Å². The highest BCUT2D eigenvalue weighted by molar-refractivity contribution is 6.13. The zero-order valence-corrected chi connectivity index (χ0v) is 21.4. The van der Waals surface area contributed by atoms with Crippen LogP contribution in [-0.4, -0.2) is 23.8 Å². The molecule has 0 N–H and O–H groups in total. The lowest BCUT2D eigenvalue weighted by atomic mass is 10.1. The van der Waals surface area contributed by atoms with Crippen LogP contribution < -0.4 is 0 Å². The van der Waals surface area contributed by atoms with E-state index in [0.29, 0.717) is 0 Å². The van der Waals surface area contributed by atoms with Crippen molar-refractivity contribution in [3.8, 4) is 22.8 Å². The number of fused-ring (bicyclic) bond motifs is 10. The highest BCUT2D eigenvalue weighted by Crippen LogP contribution is 2.37. The van der Waals surface area contributed by atoms with Crippen molar-refractivity contribution in [2.75, 3.05) is 0 Å². The number of nitrogens with zero attached hydrogens (tertiary/aromatic N) is 5. The van der Waals surface area contributed by atoms with Crippen LogP contribution in [0.25, 0.3) is 77.4 Å². The van der Waals surface area contributed by atoms with Gasteiger partial charge in [-0.15, -0.1) is 0 Å². The van der Waals surface area contributed by atoms with E-state index >= 15 is 0 Å². The van der Waals surface area contributed by atoms with Crippen LogP contribution in [0.15, 0.2) is 128 Å². The summed E-state index contributed by atoms with van der Waals surface area (Å²) in [6, 6.07) is 39.8. The first kappa shape index (κ1) is 21.4. The Labute approximate surface area is 228 Å². The van der Waals surface area contributed by atoms with E-state index in [9.17, 15) is 0 Å². The fourth-order valence-corrected chi connectivity index (χ4v) is 6.14. The van der Waals surface area contributed by atoms with E-state index in [1.807, 2.05) is 12.1 Å². The molecule has 0 radical (unpaired) electrons. The molecule has 0 saturated carbocycles. The Hall–Kier alpha value is -5.55. The van der Waals surface area contributed by atoms with Gasteiger partial charge in [0.25, 0.3) is 0 Å². The number of hydrogen-bond donors (Lipinski definition) is 0. The highest BCUT2D eigenvalue weighted by atomic mass is 14.9. The van der Waals surface area contributed by atoms with Gasteiger partial charge in [0.2, 0.25) is 0 Å². The third-order valence-corrected chi connectivity index (χ3v) is 7.90. The molecule has 0 spiro atoms. The van der Waals surface area contributed by atoms with Crippen molar-refractivity contribution in [2.24, 2.45) is 0 Å². The van der Waals surface area contributed by atoms with E-state index in [2.05, 4.69) is 124 Å².